The predicted molar refractivity (Wildman–Crippen MR) is 99.2 cm³/mol. The second kappa shape index (κ2) is 8.55. The van der Waals surface area contributed by atoms with E-state index in [0.717, 1.165) is 56.6 Å². The van der Waals surface area contributed by atoms with Crippen molar-refractivity contribution in [3.8, 4) is 11.5 Å². The number of hydrogen-bond donors (Lipinski definition) is 1. The Labute approximate surface area is 157 Å². The van der Waals surface area contributed by atoms with Gasteiger partial charge in [0.25, 0.3) is 0 Å². The van der Waals surface area contributed by atoms with Crippen molar-refractivity contribution in [2.75, 3.05) is 24.6 Å². The van der Waals surface area contributed by atoms with Crippen molar-refractivity contribution in [2.24, 2.45) is 5.92 Å². The first-order valence-electron chi connectivity index (χ1n) is 9.26. The van der Waals surface area contributed by atoms with Crippen molar-refractivity contribution in [3.63, 3.8) is 0 Å². The molecule has 0 aliphatic carbocycles. The summed E-state index contributed by atoms with van der Waals surface area (Å²) >= 11 is 0. The molecule has 0 aromatic heterocycles. The molecule has 0 radical (unpaired) electrons. The van der Waals surface area contributed by atoms with Crippen molar-refractivity contribution in [1.82, 2.24) is 0 Å². The van der Waals surface area contributed by atoms with E-state index in [9.17, 15) is 18.3 Å². The SMILES string of the molecule is Oc1ccc(N2CCC(CCCOc3cccc(C(F)(F)F)c3)CC2)cc1. The van der Waals surface area contributed by atoms with Gasteiger partial charge in [0.05, 0.1) is 12.2 Å². The van der Waals surface area contributed by atoms with Crippen LogP contribution in [0, 0.1) is 5.92 Å². The van der Waals surface area contributed by atoms with Gasteiger partial charge in [0.2, 0.25) is 0 Å². The molecule has 0 spiro atoms. The lowest BCUT2D eigenvalue weighted by Crippen LogP contribution is -2.33. The summed E-state index contributed by atoms with van der Waals surface area (Å²) in [4.78, 5) is 2.31. The van der Waals surface area contributed by atoms with Gasteiger partial charge in [0, 0.05) is 18.8 Å². The zero-order valence-electron chi connectivity index (χ0n) is 15.1. The average molecular weight is 379 g/mol. The molecule has 0 bridgehead atoms. The van der Waals surface area contributed by atoms with E-state index in [1.54, 1.807) is 18.2 Å². The van der Waals surface area contributed by atoms with E-state index in [-0.39, 0.29) is 11.5 Å². The number of phenolic OH excluding ortho intramolecular Hbond substituents is 1. The third-order valence-corrected chi connectivity index (χ3v) is 5.02. The maximum absolute atomic E-state index is 12.7. The Bertz CT molecular complexity index is 723. The second-order valence-electron chi connectivity index (χ2n) is 6.96. The highest BCUT2D eigenvalue weighted by Gasteiger charge is 2.30. The highest BCUT2D eigenvalue weighted by Crippen LogP contribution is 2.31. The van der Waals surface area contributed by atoms with Gasteiger partial charge in [-0.1, -0.05) is 6.07 Å². The molecule has 1 heterocycles. The summed E-state index contributed by atoms with van der Waals surface area (Å²) in [6.07, 6.45) is -0.317. The first-order chi connectivity index (χ1) is 12.9. The molecule has 0 unspecified atom stereocenters. The van der Waals surface area contributed by atoms with Crippen LogP contribution in [0.4, 0.5) is 18.9 Å². The van der Waals surface area contributed by atoms with Gasteiger partial charge >= 0.3 is 6.18 Å². The number of benzene rings is 2. The molecule has 6 heteroatoms. The van der Waals surface area contributed by atoms with Crippen LogP contribution in [0.5, 0.6) is 11.5 Å². The molecule has 27 heavy (non-hydrogen) atoms. The molecule has 2 aromatic rings. The normalized spacial score (nSPS) is 15.7. The van der Waals surface area contributed by atoms with Crippen molar-refractivity contribution >= 4 is 5.69 Å². The zero-order chi connectivity index (χ0) is 19.3. The van der Waals surface area contributed by atoms with Crippen LogP contribution >= 0.6 is 0 Å². The third-order valence-electron chi connectivity index (χ3n) is 5.02. The highest BCUT2D eigenvalue weighted by molar-refractivity contribution is 5.49. The summed E-state index contributed by atoms with van der Waals surface area (Å²) in [5, 5.41) is 9.37. The lowest BCUT2D eigenvalue weighted by molar-refractivity contribution is -0.137. The molecule has 2 aromatic carbocycles. The number of nitrogens with zero attached hydrogens (tertiary/aromatic N) is 1. The maximum Gasteiger partial charge on any atom is 0.416 e. The van der Waals surface area contributed by atoms with Crippen LogP contribution in [0.1, 0.15) is 31.2 Å². The van der Waals surface area contributed by atoms with Crippen molar-refractivity contribution < 1.29 is 23.0 Å². The number of phenols is 1. The number of alkyl halides is 3. The molecular formula is C21H24F3NO2. The van der Waals surface area contributed by atoms with Gasteiger partial charge < -0.3 is 14.7 Å². The van der Waals surface area contributed by atoms with Gasteiger partial charge in [0.15, 0.2) is 0 Å². The molecule has 3 rings (SSSR count). The fraction of sp³-hybridized carbons (Fsp3) is 0.429. The second-order valence-corrected chi connectivity index (χ2v) is 6.96. The topological polar surface area (TPSA) is 32.7 Å². The smallest absolute Gasteiger partial charge is 0.416 e. The number of piperidine rings is 1. The van der Waals surface area contributed by atoms with Gasteiger partial charge in [-0.3, -0.25) is 0 Å². The van der Waals surface area contributed by atoms with E-state index >= 15 is 0 Å². The Kier molecular flexibility index (Phi) is 6.14. The molecular weight excluding hydrogens is 355 g/mol. The van der Waals surface area contributed by atoms with Gasteiger partial charge in [-0.05, 0) is 74.1 Å². The molecule has 0 amide bonds. The van der Waals surface area contributed by atoms with Gasteiger partial charge in [0.1, 0.15) is 11.5 Å². The quantitative estimate of drug-likeness (QED) is 0.674. The first kappa shape index (κ1) is 19.4. The molecule has 1 saturated heterocycles. The van der Waals surface area contributed by atoms with Gasteiger partial charge in [-0.2, -0.15) is 13.2 Å². The van der Waals surface area contributed by atoms with E-state index in [1.807, 2.05) is 12.1 Å². The number of hydrogen-bond acceptors (Lipinski definition) is 3. The number of halogens is 3. The summed E-state index contributed by atoms with van der Waals surface area (Å²) in [5.74, 6) is 1.16. The molecule has 0 atom stereocenters. The highest BCUT2D eigenvalue weighted by atomic mass is 19.4. The van der Waals surface area contributed by atoms with Gasteiger partial charge in [-0.25, -0.2) is 0 Å². The van der Waals surface area contributed by atoms with Crippen LogP contribution in [0.15, 0.2) is 48.5 Å². The average Bonchev–Trinajstić information content (AvgIpc) is 2.66. The monoisotopic (exact) mass is 379 g/mol. The van der Waals surface area contributed by atoms with Crippen LogP contribution in [-0.4, -0.2) is 24.8 Å². The first-order valence-corrected chi connectivity index (χ1v) is 9.26. The summed E-state index contributed by atoms with van der Waals surface area (Å²) in [7, 11) is 0. The maximum atomic E-state index is 12.7. The largest absolute Gasteiger partial charge is 0.508 e. The summed E-state index contributed by atoms with van der Waals surface area (Å²) < 4.78 is 43.6. The Morgan fingerprint density at radius 3 is 2.41 bits per heavy atom. The lowest BCUT2D eigenvalue weighted by Gasteiger charge is -2.33. The summed E-state index contributed by atoms with van der Waals surface area (Å²) in [6.45, 7) is 2.38. The minimum Gasteiger partial charge on any atom is -0.508 e. The zero-order valence-corrected chi connectivity index (χ0v) is 15.1. The molecule has 1 fully saturated rings. The number of ether oxygens (including phenoxy) is 1. The Hall–Kier alpha value is -2.37. The van der Waals surface area contributed by atoms with Crippen LogP contribution in [0.25, 0.3) is 0 Å². The van der Waals surface area contributed by atoms with E-state index < -0.39 is 11.7 Å². The van der Waals surface area contributed by atoms with Crippen LogP contribution in [-0.2, 0) is 6.18 Å². The fourth-order valence-corrected chi connectivity index (χ4v) is 3.47. The predicted octanol–water partition coefficient (Wildman–Crippen LogP) is 5.49. The third kappa shape index (κ3) is 5.55. The van der Waals surface area contributed by atoms with Crippen molar-refractivity contribution in [3.05, 3.63) is 54.1 Å². The minimum atomic E-state index is -4.34. The Morgan fingerprint density at radius 1 is 1.04 bits per heavy atom. The fourth-order valence-electron chi connectivity index (χ4n) is 3.47. The summed E-state index contributed by atoms with van der Waals surface area (Å²) in [6, 6.07) is 12.3. The van der Waals surface area contributed by atoms with Crippen molar-refractivity contribution in [2.45, 2.75) is 31.9 Å². The number of anilines is 1. The van der Waals surface area contributed by atoms with Gasteiger partial charge in [-0.15, -0.1) is 0 Å². The van der Waals surface area contributed by atoms with Crippen LogP contribution in [0.3, 0.4) is 0 Å². The van der Waals surface area contributed by atoms with Crippen molar-refractivity contribution in [1.29, 1.82) is 0 Å². The number of rotatable bonds is 6. The standard InChI is InChI=1S/C21H24F3NO2/c22-21(23,24)17-4-1-5-20(15-17)27-14-2-3-16-10-12-25(13-11-16)18-6-8-19(26)9-7-18/h1,4-9,15-16,26H,2-3,10-14H2. The van der Waals surface area contributed by atoms with Crippen LogP contribution < -0.4 is 9.64 Å². The molecule has 1 aliphatic heterocycles. The lowest BCUT2D eigenvalue weighted by atomic mass is 9.92. The molecule has 1 N–H and O–H groups in total. The molecule has 1 aliphatic rings. The Balaban J connectivity index is 1.38. The van der Waals surface area contributed by atoms with Crippen LogP contribution in [0.2, 0.25) is 0 Å². The molecule has 146 valence electrons. The minimum absolute atomic E-state index is 0.270. The Morgan fingerprint density at radius 2 is 1.74 bits per heavy atom. The number of aromatic hydroxyl groups is 1. The molecule has 0 saturated carbocycles. The van der Waals surface area contributed by atoms with E-state index in [4.69, 9.17) is 4.74 Å². The summed E-state index contributed by atoms with van der Waals surface area (Å²) in [5.41, 5.74) is 0.445. The van der Waals surface area contributed by atoms with E-state index in [0.29, 0.717) is 12.5 Å². The van der Waals surface area contributed by atoms with E-state index in [1.165, 1.54) is 6.07 Å². The molecule has 3 nitrogen and oxygen atoms in total. The van der Waals surface area contributed by atoms with E-state index in [2.05, 4.69) is 4.90 Å².